The molecule has 0 heterocycles. The molecule has 0 aliphatic rings. The molecule has 0 aromatic heterocycles. The molecule has 1 N–H and O–H groups in total. The van der Waals surface area contributed by atoms with Crippen LogP contribution in [0.1, 0.15) is 39.4 Å². The van der Waals surface area contributed by atoms with Gasteiger partial charge in [-0.25, -0.2) is 8.42 Å². The fourth-order valence-electron chi connectivity index (χ4n) is 3.67. The molecule has 0 amide bonds. The van der Waals surface area contributed by atoms with Crippen LogP contribution in [0.2, 0.25) is 0 Å². The van der Waals surface area contributed by atoms with Crippen LogP contribution in [0, 0.1) is 27.7 Å². The summed E-state index contributed by atoms with van der Waals surface area (Å²) < 4.78 is 29.6. The lowest BCUT2D eigenvalue weighted by atomic mass is 9.96. The summed E-state index contributed by atoms with van der Waals surface area (Å²) in [6.07, 6.45) is 0. The first-order valence-electron chi connectivity index (χ1n) is 9.00. The van der Waals surface area contributed by atoms with Crippen molar-refractivity contribution in [3.8, 4) is 0 Å². The lowest BCUT2D eigenvalue weighted by molar-refractivity contribution is 0.570. The van der Waals surface area contributed by atoms with Gasteiger partial charge in [-0.15, -0.1) is 0 Å². The van der Waals surface area contributed by atoms with E-state index in [1.165, 1.54) is 0 Å². The van der Waals surface area contributed by atoms with Gasteiger partial charge in [0.15, 0.2) is 0 Å². The second kappa shape index (κ2) is 7.67. The number of hydrogen-bond acceptors (Lipinski definition) is 2. The zero-order valence-electron chi connectivity index (χ0n) is 16.2. The standard InChI is InChI=1S/C23H25NO2S/c1-16-14-18(3)23(19(4)15-16)27(25,26)24-22(20-11-6-5-7-12-20)21-13-9-8-10-17(21)2/h5-15,22,24H,1-4H3. The zero-order valence-corrected chi connectivity index (χ0v) is 17.0. The second-order valence-electron chi connectivity index (χ2n) is 7.05. The Morgan fingerprint density at radius 2 is 1.30 bits per heavy atom. The Bertz CT molecular complexity index is 1030. The predicted molar refractivity (Wildman–Crippen MR) is 110 cm³/mol. The van der Waals surface area contributed by atoms with Crippen molar-refractivity contribution < 1.29 is 8.42 Å². The number of aryl methyl sites for hydroxylation is 4. The maximum Gasteiger partial charge on any atom is 0.241 e. The summed E-state index contributed by atoms with van der Waals surface area (Å²) >= 11 is 0. The number of rotatable bonds is 5. The van der Waals surface area contributed by atoms with Crippen molar-refractivity contribution in [1.82, 2.24) is 4.72 Å². The smallest absolute Gasteiger partial charge is 0.207 e. The van der Waals surface area contributed by atoms with Gasteiger partial charge in [0.25, 0.3) is 0 Å². The molecule has 0 fully saturated rings. The summed E-state index contributed by atoms with van der Waals surface area (Å²) in [6, 6.07) is 20.9. The van der Waals surface area contributed by atoms with Crippen LogP contribution in [0.25, 0.3) is 0 Å². The monoisotopic (exact) mass is 379 g/mol. The molecule has 4 heteroatoms. The summed E-state index contributed by atoms with van der Waals surface area (Å²) in [6.45, 7) is 7.67. The minimum Gasteiger partial charge on any atom is -0.207 e. The van der Waals surface area contributed by atoms with Gasteiger partial charge < -0.3 is 0 Å². The third kappa shape index (κ3) is 4.12. The van der Waals surface area contributed by atoms with Crippen LogP contribution < -0.4 is 4.72 Å². The SMILES string of the molecule is Cc1cc(C)c(S(=O)(=O)NC(c2ccccc2)c2ccccc2C)c(C)c1. The van der Waals surface area contributed by atoms with Gasteiger partial charge in [-0.05, 0) is 55.5 Å². The average molecular weight is 380 g/mol. The quantitative estimate of drug-likeness (QED) is 0.679. The summed E-state index contributed by atoms with van der Waals surface area (Å²) in [5, 5.41) is 0. The number of sulfonamides is 1. The molecule has 3 aromatic rings. The first kappa shape index (κ1) is 19.3. The van der Waals surface area contributed by atoms with Crippen molar-refractivity contribution in [3.05, 3.63) is 100 Å². The number of nitrogens with one attached hydrogen (secondary N) is 1. The normalized spacial score (nSPS) is 12.7. The van der Waals surface area contributed by atoms with Gasteiger partial charge in [0.2, 0.25) is 10.0 Å². The Labute approximate surface area is 162 Å². The molecule has 3 rings (SSSR count). The van der Waals surface area contributed by atoms with Crippen LogP contribution in [0.3, 0.4) is 0 Å². The van der Waals surface area contributed by atoms with Crippen LogP contribution in [0.15, 0.2) is 71.6 Å². The van der Waals surface area contributed by atoms with Crippen LogP contribution >= 0.6 is 0 Å². The van der Waals surface area contributed by atoms with Gasteiger partial charge in [-0.1, -0.05) is 72.3 Å². The van der Waals surface area contributed by atoms with E-state index in [0.29, 0.717) is 4.90 Å². The molecule has 3 aromatic carbocycles. The highest BCUT2D eigenvalue weighted by Gasteiger charge is 2.26. The van der Waals surface area contributed by atoms with Gasteiger partial charge in [0.05, 0.1) is 10.9 Å². The van der Waals surface area contributed by atoms with Gasteiger partial charge in [0, 0.05) is 0 Å². The van der Waals surface area contributed by atoms with Crippen molar-refractivity contribution >= 4 is 10.0 Å². The van der Waals surface area contributed by atoms with Crippen molar-refractivity contribution in [2.24, 2.45) is 0 Å². The maximum atomic E-state index is 13.3. The third-order valence-electron chi connectivity index (χ3n) is 4.78. The first-order chi connectivity index (χ1) is 12.8. The number of benzene rings is 3. The fraction of sp³-hybridized carbons (Fsp3) is 0.217. The summed E-state index contributed by atoms with van der Waals surface area (Å²) in [7, 11) is -3.70. The van der Waals surface area contributed by atoms with Crippen LogP contribution in [0.5, 0.6) is 0 Å². The Morgan fingerprint density at radius 1 is 0.741 bits per heavy atom. The second-order valence-corrected chi connectivity index (χ2v) is 8.70. The largest absolute Gasteiger partial charge is 0.241 e. The minimum absolute atomic E-state index is 0.364. The van der Waals surface area contributed by atoms with Crippen LogP contribution in [0.4, 0.5) is 0 Å². The molecule has 1 atom stereocenters. The minimum atomic E-state index is -3.70. The molecule has 0 bridgehead atoms. The molecule has 0 radical (unpaired) electrons. The van der Waals surface area contributed by atoms with E-state index < -0.39 is 16.1 Å². The van der Waals surface area contributed by atoms with Gasteiger partial charge in [-0.3, -0.25) is 0 Å². The van der Waals surface area contributed by atoms with Crippen molar-refractivity contribution in [2.75, 3.05) is 0 Å². The van der Waals surface area contributed by atoms with Gasteiger partial charge in [-0.2, -0.15) is 4.72 Å². The molecule has 0 spiro atoms. The van der Waals surface area contributed by atoms with E-state index in [-0.39, 0.29) is 0 Å². The summed E-state index contributed by atoms with van der Waals surface area (Å²) in [5.41, 5.74) is 5.49. The molecule has 3 nitrogen and oxygen atoms in total. The van der Waals surface area contributed by atoms with E-state index in [0.717, 1.165) is 33.4 Å². The van der Waals surface area contributed by atoms with Crippen LogP contribution in [-0.4, -0.2) is 8.42 Å². The Morgan fingerprint density at radius 3 is 1.89 bits per heavy atom. The van der Waals surface area contributed by atoms with Crippen molar-refractivity contribution in [2.45, 2.75) is 38.6 Å². The summed E-state index contributed by atoms with van der Waals surface area (Å²) in [5.74, 6) is 0. The van der Waals surface area contributed by atoms with Crippen molar-refractivity contribution in [1.29, 1.82) is 0 Å². The van der Waals surface area contributed by atoms with E-state index in [1.807, 2.05) is 94.4 Å². The van der Waals surface area contributed by atoms with E-state index >= 15 is 0 Å². The lowest BCUT2D eigenvalue weighted by Crippen LogP contribution is -2.31. The first-order valence-corrected chi connectivity index (χ1v) is 10.5. The number of hydrogen-bond donors (Lipinski definition) is 1. The highest BCUT2D eigenvalue weighted by molar-refractivity contribution is 7.89. The van der Waals surface area contributed by atoms with Crippen LogP contribution in [-0.2, 0) is 10.0 Å². The average Bonchev–Trinajstić information content (AvgIpc) is 2.60. The zero-order chi connectivity index (χ0) is 19.6. The molecule has 0 saturated heterocycles. The molecule has 0 aliphatic carbocycles. The molecule has 1 unspecified atom stereocenters. The van der Waals surface area contributed by atoms with E-state index in [1.54, 1.807) is 0 Å². The highest BCUT2D eigenvalue weighted by atomic mass is 32.2. The molecule has 140 valence electrons. The third-order valence-corrected chi connectivity index (χ3v) is 6.51. The Balaban J connectivity index is 2.11. The van der Waals surface area contributed by atoms with Gasteiger partial charge >= 0.3 is 0 Å². The molecular weight excluding hydrogens is 354 g/mol. The van der Waals surface area contributed by atoms with E-state index in [4.69, 9.17) is 0 Å². The summed E-state index contributed by atoms with van der Waals surface area (Å²) in [4.78, 5) is 0.364. The van der Waals surface area contributed by atoms with Gasteiger partial charge in [0.1, 0.15) is 0 Å². The topological polar surface area (TPSA) is 46.2 Å². The lowest BCUT2D eigenvalue weighted by Gasteiger charge is -2.23. The Kier molecular flexibility index (Phi) is 5.49. The fourth-order valence-corrected chi connectivity index (χ4v) is 5.33. The predicted octanol–water partition coefficient (Wildman–Crippen LogP) is 4.99. The molecule has 27 heavy (non-hydrogen) atoms. The molecule has 0 aliphatic heterocycles. The molecule has 0 saturated carbocycles. The van der Waals surface area contributed by atoms with Crippen molar-refractivity contribution in [3.63, 3.8) is 0 Å². The maximum absolute atomic E-state index is 13.3. The molecular formula is C23H25NO2S. The van der Waals surface area contributed by atoms with E-state index in [9.17, 15) is 8.42 Å². The van der Waals surface area contributed by atoms with E-state index in [2.05, 4.69) is 4.72 Å². The highest BCUT2D eigenvalue weighted by Crippen LogP contribution is 2.29. The Hall–Kier alpha value is -2.43.